The lowest BCUT2D eigenvalue weighted by Crippen LogP contribution is -2.33. The van der Waals surface area contributed by atoms with Gasteiger partial charge in [-0.1, -0.05) is 30.3 Å². The third kappa shape index (κ3) is 8.36. The van der Waals surface area contributed by atoms with Gasteiger partial charge in [-0.15, -0.1) is 0 Å². The Morgan fingerprint density at radius 1 is 1.17 bits per heavy atom. The molecule has 0 aromatic heterocycles. The largest absolute Gasteiger partial charge is 0.463 e. The Hall–Kier alpha value is -2.30. The molecule has 0 saturated carbocycles. The summed E-state index contributed by atoms with van der Waals surface area (Å²) in [6.07, 6.45) is 2.43. The van der Waals surface area contributed by atoms with Gasteiger partial charge in [-0.25, -0.2) is 9.59 Å². The molecule has 1 aromatic rings. The summed E-state index contributed by atoms with van der Waals surface area (Å²) in [6.45, 7) is 8.06. The minimum atomic E-state index is -0.511. The number of nitrogens with one attached hydrogen (secondary N) is 1. The molecule has 0 aliphatic carbocycles. The van der Waals surface area contributed by atoms with Crippen molar-refractivity contribution < 1.29 is 19.1 Å². The lowest BCUT2D eigenvalue weighted by atomic mass is 10.0. The predicted octanol–water partition coefficient (Wildman–Crippen LogP) is 3.94. The number of ether oxygens (including phenoxy) is 2. The van der Waals surface area contributed by atoms with Crippen LogP contribution in [0.2, 0.25) is 0 Å². The molecule has 0 fully saturated rings. The summed E-state index contributed by atoms with van der Waals surface area (Å²) in [5.41, 5.74) is 1.35. The maximum Gasteiger partial charge on any atom is 0.407 e. The average Bonchev–Trinajstić information content (AvgIpc) is 2.49. The molecule has 132 valence electrons. The highest BCUT2D eigenvalue weighted by Gasteiger charge is 2.15. The lowest BCUT2D eigenvalue weighted by Gasteiger charge is -2.19. The fourth-order valence-electron chi connectivity index (χ4n) is 2.06. The number of hydrogen-bond donors (Lipinski definition) is 1. The van der Waals surface area contributed by atoms with Gasteiger partial charge in [0.05, 0.1) is 6.61 Å². The van der Waals surface area contributed by atoms with Crippen molar-refractivity contribution in [2.24, 2.45) is 0 Å². The molecule has 5 heteroatoms. The first-order valence-corrected chi connectivity index (χ1v) is 8.21. The maximum absolute atomic E-state index is 11.7. The maximum atomic E-state index is 11.7. The Bertz CT molecular complexity index is 558. The van der Waals surface area contributed by atoms with E-state index in [1.165, 1.54) is 6.08 Å². The summed E-state index contributed by atoms with van der Waals surface area (Å²) in [4.78, 5) is 23.4. The molecular weight excluding hydrogens is 306 g/mol. The summed E-state index contributed by atoms with van der Waals surface area (Å²) < 4.78 is 10.2. The number of alkyl carbamates (subject to hydrolysis) is 1. The van der Waals surface area contributed by atoms with Gasteiger partial charge in [0.25, 0.3) is 0 Å². The van der Waals surface area contributed by atoms with Gasteiger partial charge < -0.3 is 14.8 Å². The van der Waals surface area contributed by atoms with Crippen LogP contribution in [0.3, 0.4) is 0 Å². The van der Waals surface area contributed by atoms with Crippen LogP contribution in [0.5, 0.6) is 0 Å². The molecule has 0 atom stereocenters. The Morgan fingerprint density at radius 3 is 2.42 bits per heavy atom. The number of rotatable bonds is 7. The van der Waals surface area contributed by atoms with Crippen LogP contribution in [0.4, 0.5) is 4.79 Å². The van der Waals surface area contributed by atoms with E-state index in [4.69, 9.17) is 9.47 Å². The molecule has 0 bridgehead atoms. The SMILES string of the molecule is CCOC(=O)/C=C(/CCCNC(=O)OC(C)(C)C)c1ccccc1. The molecule has 0 aliphatic rings. The molecule has 1 aromatic carbocycles. The summed E-state index contributed by atoms with van der Waals surface area (Å²) in [7, 11) is 0. The van der Waals surface area contributed by atoms with E-state index in [0.29, 0.717) is 26.0 Å². The fourth-order valence-corrected chi connectivity index (χ4v) is 2.06. The highest BCUT2D eigenvalue weighted by Crippen LogP contribution is 2.19. The molecule has 0 saturated heterocycles. The van der Waals surface area contributed by atoms with Gasteiger partial charge in [0.15, 0.2) is 0 Å². The standard InChI is InChI=1S/C19H27NO4/c1-5-23-17(21)14-16(15-10-7-6-8-11-15)12-9-13-20-18(22)24-19(2,3)4/h6-8,10-11,14H,5,9,12-13H2,1-4H3,(H,20,22)/b16-14-. The third-order valence-electron chi connectivity index (χ3n) is 3.01. The van der Waals surface area contributed by atoms with Crippen LogP contribution in [-0.4, -0.2) is 30.8 Å². The second kappa shape index (κ2) is 9.75. The first kappa shape index (κ1) is 19.7. The van der Waals surface area contributed by atoms with Crippen molar-refractivity contribution in [1.82, 2.24) is 5.32 Å². The molecule has 24 heavy (non-hydrogen) atoms. The number of carbonyl (C=O) groups excluding carboxylic acids is 2. The van der Waals surface area contributed by atoms with E-state index in [1.54, 1.807) is 6.92 Å². The molecule has 0 heterocycles. The smallest absolute Gasteiger partial charge is 0.407 e. The van der Waals surface area contributed by atoms with Crippen LogP contribution in [0.25, 0.3) is 5.57 Å². The van der Waals surface area contributed by atoms with E-state index in [2.05, 4.69) is 5.32 Å². The zero-order valence-corrected chi connectivity index (χ0v) is 14.9. The molecule has 0 unspecified atom stereocenters. The van der Waals surface area contributed by atoms with Crippen molar-refractivity contribution in [2.75, 3.05) is 13.2 Å². The summed E-state index contributed by atoms with van der Waals surface area (Å²) >= 11 is 0. The summed E-state index contributed by atoms with van der Waals surface area (Å²) in [5, 5.41) is 2.72. The summed E-state index contributed by atoms with van der Waals surface area (Å²) in [6, 6.07) is 9.68. The number of benzene rings is 1. The van der Waals surface area contributed by atoms with Crippen molar-refractivity contribution in [1.29, 1.82) is 0 Å². The van der Waals surface area contributed by atoms with E-state index in [9.17, 15) is 9.59 Å². The second-order valence-electron chi connectivity index (χ2n) is 6.32. The van der Waals surface area contributed by atoms with Gasteiger partial charge in [-0.05, 0) is 51.7 Å². The van der Waals surface area contributed by atoms with Crippen molar-refractivity contribution >= 4 is 17.6 Å². The Morgan fingerprint density at radius 2 is 1.83 bits per heavy atom. The molecule has 0 aliphatic heterocycles. The van der Waals surface area contributed by atoms with Crippen LogP contribution in [0.15, 0.2) is 36.4 Å². The number of allylic oxidation sites excluding steroid dienone is 1. The van der Waals surface area contributed by atoms with Crippen LogP contribution in [0, 0.1) is 0 Å². The van der Waals surface area contributed by atoms with Crippen molar-refractivity contribution in [3.05, 3.63) is 42.0 Å². The van der Waals surface area contributed by atoms with E-state index in [-0.39, 0.29) is 5.97 Å². The molecule has 5 nitrogen and oxygen atoms in total. The average molecular weight is 333 g/mol. The van der Waals surface area contributed by atoms with Gasteiger partial charge in [0.2, 0.25) is 0 Å². The van der Waals surface area contributed by atoms with Crippen molar-refractivity contribution in [2.45, 2.75) is 46.1 Å². The lowest BCUT2D eigenvalue weighted by molar-refractivity contribution is -0.137. The highest BCUT2D eigenvalue weighted by molar-refractivity contribution is 5.91. The normalized spacial score (nSPS) is 11.8. The van der Waals surface area contributed by atoms with Crippen LogP contribution in [-0.2, 0) is 14.3 Å². The number of carbonyl (C=O) groups is 2. The predicted molar refractivity (Wildman–Crippen MR) is 94.5 cm³/mol. The van der Waals surface area contributed by atoms with Crippen molar-refractivity contribution in [3.63, 3.8) is 0 Å². The van der Waals surface area contributed by atoms with Gasteiger partial charge in [-0.2, -0.15) is 0 Å². The minimum Gasteiger partial charge on any atom is -0.463 e. The Balaban J connectivity index is 2.58. The van der Waals surface area contributed by atoms with Crippen LogP contribution >= 0.6 is 0 Å². The Kier molecular flexibility index (Phi) is 8.02. The molecule has 1 N–H and O–H groups in total. The second-order valence-corrected chi connectivity index (χ2v) is 6.32. The number of esters is 1. The quantitative estimate of drug-likeness (QED) is 0.466. The van der Waals surface area contributed by atoms with Gasteiger partial charge in [0, 0.05) is 12.6 Å². The first-order valence-electron chi connectivity index (χ1n) is 8.21. The molecule has 0 spiro atoms. The van der Waals surface area contributed by atoms with Gasteiger partial charge >= 0.3 is 12.1 Å². The van der Waals surface area contributed by atoms with E-state index in [0.717, 1.165) is 11.1 Å². The van der Waals surface area contributed by atoms with Crippen LogP contribution in [0.1, 0.15) is 46.1 Å². The highest BCUT2D eigenvalue weighted by atomic mass is 16.6. The molecular formula is C19H27NO4. The summed E-state index contributed by atoms with van der Waals surface area (Å²) in [5.74, 6) is -0.351. The molecule has 1 amide bonds. The third-order valence-corrected chi connectivity index (χ3v) is 3.01. The topological polar surface area (TPSA) is 64.6 Å². The van der Waals surface area contributed by atoms with Crippen molar-refractivity contribution in [3.8, 4) is 0 Å². The molecule has 1 rings (SSSR count). The number of amides is 1. The Labute approximate surface area is 144 Å². The zero-order valence-electron chi connectivity index (χ0n) is 14.9. The van der Waals surface area contributed by atoms with Gasteiger partial charge in [-0.3, -0.25) is 0 Å². The molecule has 0 radical (unpaired) electrons. The zero-order chi connectivity index (χ0) is 18.0. The number of hydrogen-bond acceptors (Lipinski definition) is 4. The fraction of sp³-hybridized carbons (Fsp3) is 0.474. The van der Waals surface area contributed by atoms with Gasteiger partial charge in [0.1, 0.15) is 5.60 Å². The minimum absolute atomic E-state index is 0.345. The van der Waals surface area contributed by atoms with Crippen LogP contribution < -0.4 is 5.32 Å². The van der Waals surface area contributed by atoms with E-state index < -0.39 is 11.7 Å². The first-order chi connectivity index (χ1) is 11.3. The van der Waals surface area contributed by atoms with E-state index in [1.807, 2.05) is 51.1 Å². The van der Waals surface area contributed by atoms with E-state index >= 15 is 0 Å². The monoisotopic (exact) mass is 333 g/mol.